The monoisotopic (exact) mass is 294 g/mol. The third-order valence-corrected chi connectivity index (χ3v) is 3.98. The summed E-state index contributed by atoms with van der Waals surface area (Å²) in [5.74, 6) is -0.401. The van der Waals surface area contributed by atoms with Crippen molar-refractivity contribution in [2.75, 3.05) is 16.8 Å². The normalized spacial score (nSPS) is 17.5. The molecule has 3 rings (SSSR count). The van der Waals surface area contributed by atoms with Gasteiger partial charge in [0.15, 0.2) is 0 Å². The van der Waals surface area contributed by atoms with Crippen LogP contribution in [0.3, 0.4) is 0 Å². The highest BCUT2D eigenvalue weighted by molar-refractivity contribution is 6.11. The second-order valence-corrected chi connectivity index (χ2v) is 5.64. The number of amides is 2. The molecule has 2 aromatic rings. The van der Waals surface area contributed by atoms with E-state index in [1.54, 1.807) is 4.90 Å². The topological polar surface area (TPSA) is 49.4 Å². The summed E-state index contributed by atoms with van der Waals surface area (Å²) in [5, 5.41) is 2.89. The van der Waals surface area contributed by atoms with E-state index >= 15 is 0 Å². The summed E-state index contributed by atoms with van der Waals surface area (Å²) in [6, 6.07) is 14.9. The number of carbonyl (C=O) groups excluding carboxylic acids is 2. The molecular formula is C18H18N2O2. The Balaban J connectivity index is 2.07. The molecule has 4 nitrogen and oxygen atoms in total. The van der Waals surface area contributed by atoms with Crippen LogP contribution < -0.4 is 10.2 Å². The molecule has 22 heavy (non-hydrogen) atoms. The first-order valence-corrected chi connectivity index (χ1v) is 7.35. The van der Waals surface area contributed by atoms with Crippen molar-refractivity contribution in [1.29, 1.82) is 0 Å². The van der Waals surface area contributed by atoms with Crippen molar-refractivity contribution < 1.29 is 9.59 Å². The minimum absolute atomic E-state index is 0.0625. The lowest BCUT2D eigenvalue weighted by molar-refractivity contribution is -0.119. The van der Waals surface area contributed by atoms with Gasteiger partial charge in [-0.3, -0.25) is 9.59 Å². The van der Waals surface area contributed by atoms with E-state index in [4.69, 9.17) is 0 Å². The Labute approximate surface area is 129 Å². The smallest absolute Gasteiger partial charge is 0.258 e. The fourth-order valence-corrected chi connectivity index (χ4v) is 2.68. The fourth-order valence-electron chi connectivity index (χ4n) is 2.68. The summed E-state index contributed by atoms with van der Waals surface area (Å²) in [7, 11) is 0. The van der Waals surface area contributed by atoms with Crippen LogP contribution in [0.25, 0.3) is 0 Å². The zero-order valence-corrected chi connectivity index (χ0v) is 12.7. The molecule has 0 bridgehead atoms. The lowest BCUT2D eigenvalue weighted by Crippen LogP contribution is -2.36. The first-order chi connectivity index (χ1) is 10.6. The van der Waals surface area contributed by atoms with Crippen LogP contribution in [-0.4, -0.2) is 18.4 Å². The quantitative estimate of drug-likeness (QED) is 0.878. The zero-order chi connectivity index (χ0) is 15.7. The molecule has 0 saturated heterocycles. The Hall–Kier alpha value is -2.62. The third kappa shape index (κ3) is 2.48. The van der Waals surface area contributed by atoms with Crippen LogP contribution in [0.5, 0.6) is 0 Å². The molecule has 112 valence electrons. The molecule has 2 amide bonds. The summed E-state index contributed by atoms with van der Waals surface area (Å²) in [6.07, 6.45) is 0. The van der Waals surface area contributed by atoms with Crippen LogP contribution >= 0.6 is 0 Å². The third-order valence-electron chi connectivity index (χ3n) is 3.98. The van der Waals surface area contributed by atoms with E-state index in [2.05, 4.69) is 5.32 Å². The SMILES string of the molecule is Cc1ccccc1C(=O)N1CC(C)C(=O)Nc2ccccc21. The van der Waals surface area contributed by atoms with Gasteiger partial charge in [0.05, 0.1) is 17.3 Å². The Morgan fingerprint density at radius 3 is 2.59 bits per heavy atom. The van der Waals surface area contributed by atoms with Crippen LogP contribution in [0.2, 0.25) is 0 Å². The maximum Gasteiger partial charge on any atom is 0.258 e. The van der Waals surface area contributed by atoms with Crippen LogP contribution in [0.1, 0.15) is 22.8 Å². The van der Waals surface area contributed by atoms with Gasteiger partial charge in [-0.15, -0.1) is 0 Å². The minimum Gasteiger partial charge on any atom is -0.324 e. The minimum atomic E-state index is -0.264. The molecule has 1 aliphatic rings. The molecule has 0 spiro atoms. The zero-order valence-electron chi connectivity index (χ0n) is 12.7. The summed E-state index contributed by atoms with van der Waals surface area (Å²) in [6.45, 7) is 4.12. The molecular weight excluding hydrogens is 276 g/mol. The van der Waals surface area contributed by atoms with E-state index < -0.39 is 0 Å². The van der Waals surface area contributed by atoms with Gasteiger partial charge < -0.3 is 10.2 Å². The van der Waals surface area contributed by atoms with Gasteiger partial charge in [0.25, 0.3) is 5.91 Å². The highest BCUT2D eigenvalue weighted by Gasteiger charge is 2.29. The number of nitrogens with one attached hydrogen (secondary N) is 1. The van der Waals surface area contributed by atoms with Crippen LogP contribution in [-0.2, 0) is 4.79 Å². The maximum absolute atomic E-state index is 13.0. The predicted molar refractivity (Wildman–Crippen MR) is 87.1 cm³/mol. The van der Waals surface area contributed by atoms with Gasteiger partial charge >= 0.3 is 0 Å². The number of fused-ring (bicyclic) bond motifs is 1. The van der Waals surface area contributed by atoms with Crippen molar-refractivity contribution in [3.05, 3.63) is 59.7 Å². The lowest BCUT2D eigenvalue weighted by Gasteiger charge is -2.24. The molecule has 0 aliphatic carbocycles. The number of nitrogens with zero attached hydrogens (tertiary/aromatic N) is 1. The number of hydrogen-bond acceptors (Lipinski definition) is 2. The Morgan fingerprint density at radius 2 is 1.82 bits per heavy atom. The second-order valence-electron chi connectivity index (χ2n) is 5.64. The molecule has 0 saturated carbocycles. The highest BCUT2D eigenvalue weighted by atomic mass is 16.2. The van der Waals surface area contributed by atoms with Crippen molar-refractivity contribution in [3.63, 3.8) is 0 Å². The van der Waals surface area contributed by atoms with E-state index in [1.165, 1.54) is 0 Å². The fraction of sp³-hybridized carbons (Fsp3) is 0.222. The molecule has 1 N–H and O–H groups in total. The van der Waals surface area contributed by atoms with Crippen molar-refractivity contribution >= 4 is 23.2 Å². The summed E-state index contributed by atoms with van der Waals surface area (Å²) < 4.78 is 0. The summed E-state index contributed by atoms with van der Waals surface area (Å²) >= 11 is 0. The first-order valence-electron chi connectivity index (χ1n) is 7.35. The second kappa shape index (κ2) is 5.64. The van der Waals surface area contributed by atoms with E-state index in [0.717, 1.165) is 11.3 Å². The predicted octanol–water partition coefficient (Wildman–Crippen LogP) is 3.23. The average Bonchev–Trinajstić information content (AvgIpc) is 2.64. The molecule has 1 heterocycles. The molecule has 1 atom stereocenters. The Morgan fingerprint density at radius 1 is 1.14 bits per heavy atom. The number of para-hydroxylation sites is 2. The number of rotatable bonds is 1. The lowest BCUT2D eigenvalue weighted by atomic mass is 10.1. The van der Waals surface area contributed by atoms with E-state index in [9.17, 15) is 9.59 Å². The molecule has 0 fully saturated rings. The van der Waals surface area contributed by atoms with E-state index in [1.807, 2.05) is 62.4 Å². The molecule has 1 unspecified atom stereocenters. The summed E-state index contributed by atoms with van der Waals surface area (Å²) in [4.78, 5) is 26.8. The summed E-state index contributed by atoms with van der Waals surface area (Å²) in [5.41, 5.74) is 3.02. The van der Waals surface area contributed by atoms with Gasteiger partial charge in [0.1, 0.15) is 0 Å². The van der Waals surface area contributed by atoms with Crippen LogP contribution in [0, 0.1) is 12.8 Å². The van der Waals surface area contributed by atoms with Crippen molar-refractivity contribution in [2.24, 2.45) is 5.92 Å². The number of benzene rings is 2. The Kier molecular flexibility index (Phi) is 3.67. The van der Waals surface area contributed by atoms with Crippen molar-refractivity contribution in [2.45, 2.75) is 13.8 Å². The highest BCUT2D eigenvalue weighted by Crippen LogP contribution is 2.31. The van der Waals surface area contributed by atoms with Crippen molar-refractivity contribution in [1.82, 2.24) is 0 Å². The number of anilines is 2. The van der Waals surface area contributed by atoms with E-state index in [-0.39, 0.29) is 17.7 Å². The van der Waals surface area contributed by atoms with Crippen molar-refractivity contribution in [3.8, 4) is 0 Å². The molecule has 0 radical (unpaired) electrons. The average molecular weight is 294 g/mol. The maximum atomic E-state index is 13.0. The van der Waals surface area contributed by atoms with Crippen LogP contribution in [0.15, 0.2) is 48.5 Å². The number of aryl methyl sites for hydroxylation is 1. The Bertz CT molecular complexity index is 739. The largest absolute Gasteiger partial charge is 0.324 e. The molecule has 4 heteroatoms. The van der Waals surface area contributed by atoms with Gasteiger partial charge in [-0.25, -0.2) is 0 Å². The van der Waals surface area contributed by atoms with Gasteiger partial charge in [0.2, 0.25) is 5.91 Å². The standard InChI is InChI=1S/C18H18N2O2/c1-12-7-3-4-8-14(12)18(22)20-11-13(2)17(21)19-15-9-5-6-10-16(15)20/h3-10,13H,11H2,1-2H3,(H,19,21). The first kappa shape index (κ1) is 14.3. The molecule has 1 aliphatic heterocycles. The van der Waals surface area contributed by atoms with Gasteiger partial charge in [0, 0.05) is 12.1 Å². The van der Waals surface area contributed by atoms with Crippen LogP contribution in [0.4, 0.5) is 11.4 Å². The number of hydrogen-bond donors (Lipinski definition) is 1. The number of carbonyl (C=O) groups is 2. The van der Waals surface area contributed by atoms with E-state index in [0.29, 0.717) is 17.8 Å². The molecule has 2 aromatic carbocycles. The van der Waals surface area contributed by atoms with Gasteiger partial charge in [-0.1, -0.05) is 37.3 Å². The molecule has 0 aromatic heterocycles. The van der Waals surface area contributed by atoms with Gasteiger partial charge in [-0.2, -0.15) is 0 Å². The van der Waals surface area contributed by atoms with Gasteiger partial charge in [-0.05, 0) is 30.7 Å².